The van der Waals surface area contributed by atoms with Crippen LogP contribution in [0.3, 0.4) is 0 Å². The lowest BCUT2D eigenvalue weighted by Gasteiger charge is -2.36. The molecule has 0 rings (SSSR count). The first-order valence-corrected chi connectivity index (χ1v) is 5.68. The summed E-state index contributed by atoms with van der Waals surface area (Å²) in [6.07, 6.45) is -2.29. The van der Waals surface area contributed by atoms with Gasteiger partial charge in [-0.1, -0.05) is 0 Å². The fourth-order valence-corrected chi connectivity index (χ4v) is 1.79. The number of carboxylic acids is 3. The van der Waals surface area contributed by atoms with Crippen LogP contribution in [0.4, 0.5) is 0 Å². The van der Waals surface area contributed by atoms with Crippen LogP contribution in [-0.4, -0.2) is 57.3 Å². The van der Waals surface area contributed by atoms with Gasteiger partial charge in [-0.3, -0.25) is 19.7 Å². The highest BCUT2D eigenvalue weighted by atomic mass is 16.7. The summed E-state index contributed by atoms with van der Waals surface area (Å²) >= 11 is 0. The fraction of sp³-hybridized carbons (Fsp3) is 0.600. The monoisotopic (exact) mass is 307 g/mol. The fourth-order valence-electron chi connectivity index (χ4n) is 1.79. The highest BCUT2D eigenvalue weighted by Crippen LogP contribution is 2.22. The molecule has 0 aromatic rings. The minimum Gasteiger partial charge on any atom is -0.481 e. The van der Waals surface area contributed by atoms with Crippen molar-refractivity contribution >= 4 is 23.9 Å². The van der Waals surface area contributed by atoms with Gasteiger partial charge in [-0.25, -0.2) is 4.79 Å². The van der Waals surface area contributed by atoms with E-state index in [0.29, 0.717) is 0 Å². The Morgan fingerprint density at radius 1 is 1.05 bits per heavy atom. The summed E-state index contributed by atoms with van der Waals surface area (Å²) in [5.41, 5.74) is 3.78. The standard InChI is InChI=1S/C10H17N3O8/c11-5(1-6(14)15)10(2-7(16)17,3-8(18)19)13-4-9(20)21-12/h5,13H,1-4,11-12H2,(H,14,15)(H,16,17)(H,18,19). The summed E-state index contributed by atoms with van der Waals surface area (Å²) in [5.74, 6) is -0.540. The van der Waals surface area contributed by atoms with E-state index in [4.69, 9.17) is 21.1 Å². The highest BCUT2D eigenvalue weighted by Gasteiger charge is 2.42. The van der Waals surface area contributed by atoms with E-state index in [1.54, 1.807) is 0 Å². The van der Waals surface area contributed by atoms with Crippen molar-refractivity contribution in [1.82, 2.24) is 5.32 Å². The van der Waals surface area contributed by atoms with Gasteiger partial charge in [-0.2, -0.15) is 5.90 Å². The van der Waals surface area contributed by atoms with Gasteiger partial charge >= 0.3 is 23.9 Å². The van der Waals surface area contributed by atoms with E-state index < -0.39 is 61.3 Å². The summed E-state index contributed by atoms with van der Waals surface area (Å²) in [6.45, 7) is -0.621. The Morgan fingerprint density at radius 3 is 1.86 bits per heavy atom. The maximum absolute atomic E-state index is 11.0. The Labute approximate surface area is 118 Å². The molecule has 0 heterocycles. The first-order valence-electron chi connectivity index (χ1n) is 5.68. The molecule has 0 aromatic heterocycles. The third-order valence-electron chi connectivity index (χ3n) is 2.75. The molecule has 120 valence electrons. The molecule has 1 atom stereocenters. The van der Waals surface area contributed by atoms with Gasteiger partial charge in [0.2, 0.25) is 0 Å². The molecule has 0 amide bonds. The van der Waals surface area contributed by atoms with Crippen LogP contribution in [0.2, 0.25) is 0 Å². The van der Waals surface area contributed by atoms with Crippen molar-refractivity contribution in [3.63, 3.8) is 0 Å². The van der Waals surface area contributed by atoms with Crippen LogP contribution < -0.4 is 16.9 Å². The van der Waals surface area contributed by atoms with Gasteiger partial charge in [0.1, 0.15) is 0 Å². The second-order valence-corrected chi connectivity index (χ2v) is 4.34. The molecule has 0 saturated carbocycles. The highest BCUT2D eigenvalue weighted by molar-refractivity contribution is 5.76. The van der Waals surface area contributed by atoms with Crippen molar-refractivity contribution in [2.45, 2.75) is 30.8 Å². The Kier molecular flexibility index (Phi) is 7.27. The van der Waals surface area contributed by atoms with E-state index in [0.717, 1.165) is 0 Å². The van der Waals surface area contributed by atoms with Gasteiger partial charge in [0, 0.05) is 6.04 Å². The molecule has 0 aliphatic heterocycles. The quantitative estimate of drug-likeness (QED) is 0.232. The summed E-state index contributed by atoms with van der Waals surface area (Å²) in [7, 11) is 0. The van der Waals surface area contributed by atoms with Crippen LogP contribution in [0.1, 0.15) is 19.3 Å². The number of nitrogens with one attached hydrogen (secondary N) is 1. The van der Waals surface area contributed by atoms with Crippen molar-refractivity contribution in [2.75, 3.05) is 6.54 Å². The molecule has 21 heavy (non-hydrogen) atoms. The second kappa shape index (κ2) is 8.14. The minimum atomic E-state index is -1.84. The molecule has 1 unspecified atom stereocenters. The lowest BCUT2D eigenvalue weighted by molar-refractivity contribution is -0.148. The summed E-state index contributed by atoms with van der Waals surface area (Å²) in [6, 6.07) is -1.37. The number of rotatable bonds is 10. The van der Waals surface area contributed by atoms with Crippen LogP contribution >= 0.6 is 0 Å². The zero-order chi connectivity index (χ0) is 16.6. The molecule has 0 bridgehead atoms. The van der Waals surface area contributed by atoms with Crippen LogP contribution in [-0.2, 0) is 24.0 Å². The van der Waals surface area contributed by atoms with Crippen LogP contribution in [0.25, 0.3) is 0 Å². The predicted molar refractivity (Wildman–Crippen MR) is 65.7 cm³/mol. The first-order chi connectivity index (χ1) is 9.62. The maximum Gasteiger partial charge on any atom is 0.338 e. The SMILES string of the molecule is NOC(=O)CNC(CC(=O)O)(CC(=O)O)C(N)CC(=O)O. The van der Waals surface area contributed by atoms with E-state index in [1.165, 1.54) is 0 Å². The molecule has 0 saturated heterocycles. The number of carbonyl (C=O) groups excluding carboxylic acids is 1. The summed E-state index contributed by atoms with van der Waals surface area (Å²) in [4.78, 5) is 47.4. The van der Waals surface area contributed by atoms with E-state index in [-0.39, 0.29) is 0 Å². The van der Waals surface area contributed by atoms with Crippen molar-refractivity contribution < 1.29 is 39.3 Å². The normalized spacial score (nSPS) is 12.5. The lowest BCUT2D eigenvalue weighted by Crippen LogP contribution is -2.62. The number of aliphatic carboxylic acids is 3. The lowest BCUT2D eigenvalue weighted by atomic mass is 9.82. The van der Waals surface area contributed by atoms with Crippen LogP contribution in [0.5, 0.6) is 0 Å². The van der Waals surface area contributed by atoms with Gasteiger partial charge in [0.05, 0.1) is 31.3 Å². The number of carbonyl (C=O) groups is 4. The molecule has 11 heteroatoms. The first kappa shape index (κ1) is 18.8. The molecular weight excluding hydrogens is 290 g/mol. The van der Waals surface area contributed by atoms with E-state index >= 15 is 0 Å². The average Bonchev–Trinajstić information content (AvgIpc) is 2.33. The largest absolute Gasteiger partial charge is 0.481 e. The van der Waals surface area contributed by atoms with Gasteiger partial charge < -0.3 is 25.9 Å². The van der Waals surface area contributed by atoms with Gasteiger partial charge in [0.25, 0.3) is 0 Å². The maximum atomic E-state index is 11.0. The molecular formula is C10H17N3O8. The summed E-state index contributed by atoms with van der Waals surface area (Å²) < 4.78 is 0. The number of hydrogen-bond donors (Lipinski definition) is 6. The van der Waals surface area contributed by atoms with Crippen LogP contribution in [0.15, 0.2) is 0 Å². The topological polar surface area (TPSA) is 202 Å². The predicted octanol–water partition coefficient (Wildman–Crippen LogP) is -2.52. The zero-order valence-electron chi connectivity index (χ0n) is 10.9. The van der Waals surface area contributed by atoms with Crippen molar-refractivity contribution in [1.29, 1.82) is 0 Å². The van der Waals surface area contributed by atoms with Gasteiger partial charge in [0.15, 0.2) is 0 Å². The molecule has 0 fully saturated rings. The van der Waals surface area contributed by atoms with E-state index in [2.05, 4.69) is 16.1 Å². The molecule has 0 aliphatic rings. The van der Waals surface area contributed by atoms with Gasteiger partial charge in [-0.05, 0) is 0 Å². The molecule has 0 aliphatic carbocycles. The summed E-state index contributed by atoms with van der Waals surface area (Å²) in [5, 5.41) is 28.9. The molecule has 0 spiro atoms. The number of carboxylic acid groups (broad SMARTS) is 3. The average molecular weight is 307 g/mol. The zero-order valence-corrected chi connectivity index (χ0v) is 10.9. The van der Waals surface area contributed by atoms with Crippen molar-refractivity contribution in [2.24, 2.45) is 11.6 Å². The van der Waals surface area contributed by atoms with E-state index in [9.17, 15) is 19.2 Å². The molecule has 8 N–H and O–H groups in total. The third-order valence-corrected chi connectivity index (χ3v) is 2.75. The molecule has 0 radical (unpaired) electrons. The van der Waals surface area contributed by atoms with Crippen molar-refractivity contribution in [3.05, 3.63) is 0 Å². The number of hydrogen-bond acceptors (Lipinski definition) is 8. The second-order valence-electron chi connectivity index (χ2n) is 4.34. The minimum absolute atomic E-state index is 0.621. The Morgan fingerprint density at radius 2 is 1.52 bits per heavy atom. The third kappa shape index (κ3) is 6.65. The Bertz CT molecular complexity index is 409. The molecule has 0 aromatic carbocycles. The Hall–Kier alpha value is -2.24. The van der Waals surface area contributed by atoms with Gasteiger partial charge in [-0.15, -0.1) is 0 Å². The van der Waals surface area contributed by atoms with E-state index in [1.807, 2.05) is 0 Å². The number of nitrogens with two attached hydrogens (primary N) is 2. The van der Waals surface area contributed by atoms with Crippen molar-refractivity contribution in [3.8, 4) is 0 Å². The Balaban J connectivity index is 5.37. The smallest absolute Gasteiger partial charge is 0.338 e. The van der Waals surface area contributed by atoms with Crippen LogP contribution in [0, 0.1) is 0 Å². The molecule has 11 nitrogen and oxygen atoms in total.